The standard InChI is InChI=1S/C58H37NO2/c1-3-13-38(14-4-1)43-30-35-46(52(37-43)39-15-5-2-6-16-39)41-25-31-44(32-26-41)59(53-22-12-24-55-56(53)51-36-29-40-17-7-8-18-47(40)58(51)61-55)45-33-27-42(28-34-45)48-20-11-21-50-49-19-9-10-23-54(49)60-57(48)50/h1-37H. The lowest BCUT2D eigenvalue weighted by Crippen LogP contribution is -2.10. The first-order chi connectivity index (χ1) is 30.2. The Bertz CT molecular complexity index is 3560. The Morgan fingerprint density at radius 2 is 0.869 bits per heavy atom. The van der Waals surface area contributed by atoms with E-state index in [1.165, 1.54) is 27.8 Å². The number of para-hydroxylation sites is 2. The Morgan fingerprint density at radius 1 is 0.295 bits per heavy atom. The summed E-state index contributed by atoms with van der Waals surface area (Å²) in [6.45, 7) is 0. The molecule has 12 aromatic rings. The maximum atomic E-state index is 6.71. The number of anilines is 3. The van der Waals surface area contributed by atoms with Gasteiger partial charge in [0.15, 0.2) is 0 Å². The second-order valence-corrected chi connectivity index (χ2v) is 15.6. The van der Waals surface area contributed by atoms with Gasteiger partial charge in [-0.2, -0.15) is 0 Å². The van der Waals surface area contributed by atoms with Gasteiger partial charge in [-0.25, -0.2) is 0 Å². The normalized spacial score (nSPS) is 11.6. The summed E-state index contributed by atoms with van der Waals surface area (Å²) >= 11 is 0. The molecule has 286 valence electrons. The monoisotopic (exact) mass is 779 g/mol. The number of hydrogen-bond donors (Lipinski definition) is 0. The van der Waals surface area contributed by atoms with Crippen molar-refractivity contribution < 1.29 is 8.83 Å². The van der Waals surface area contributed by atoms with Crippen LogP contribution in [0.3, 0.4) is 0 Å². The van der Waals surface area contributed by atoms with Gasteiger partial charge in [-0.15, -0.1) is 0 Å². The van der Waals surface area contributed by atoms with E-state index in [4.69, 9.17) is 8.83 Å². The summed E-state index contributed by atoms with van der Waals surface area (Å²) in [5.74, 6) is 0. The Labute approximate surface area is 353 Å². The molecule has 0 spiro atoms. The Balaban J connectivity index is 1.01. The molecule has 61 heavy (non-hydrogen) atoms. The van der Waals surface area contributed by atoms with Crippen LogP contribution in [0.1, 0.15) is 0 Å². The largest absolute Gasteiger partial charge is 0.455 e. The zero-order valence-electron chi connectivity index (χ0n) is 33.1. The van der Waals surface area contributed by atoms with Crippen molar-refractivity contribution in [3.63, 3.8) is 0 Å². The first-order valence-electron chi connectivity index (χ1n) is 20.7. The predicted octanol–water partition coefficient (Wildman–Crippen LogP) is 16.8. The quantitative estimate of drug-likeness (QED) is 0.161. The molecule has 3 heteroatoms. The molecule has 3 nitrogen and oxygen atoms in total. The van der Waals surface area contributed by atoms with Gasteiger partial charge in [0.2, 0.25) is 0 Å². The van der Waals surface area contributed by atoms with Gasteiger partial charge in [0.25, 0.3) is 0 Å². The summed E-state index contributed by atoms with van der Waals surface area (Å²) in [5, 5.41) is 6.67. The van der Waals surface area contributed by atoms with E-state index in [1.807, 2.05) is 12.1 Å². The van der Waals surface area contributed by atoms with Gasteiger partial charge in [0, 0.05) is 38.5 Å². The summed E-state index contributed by atoms with van der Waals surface area (Å²) in [6.07, 6.45) is 0. The fourth-order valence-corrected chi connectivity index (χ4v) is 9.17. The third kappa shape index (κ3) is 5.90. The number of fused-ring (bicyclic) bond motifs is 8. The van der Waals surface area contributed by atoms with Crippen LogP contribution in [-0.4, -0.2) is 0 Å². The number of hydrogen-bond acceptors (Lipinski definition) is 3. The lowest BCUT2D eigenvalue weighted by atomic mass is 9.91. The SMILES string of the molecule is c1ccc(-c2ccc(-c3ccc(N(c4ccc(-c5cccc6c5oc5ccccc56)cc4)c4cccc5oc6c7ccccc7ccc6c45)cc3)c(-c3ccccc3)c2)cc1. The van der Waals surface area contributed by atoms with E-state index >= 15 is 0 Å². The molecule has 0 saturated heterocycles. The van der Waals surface area contributed by atoms with Crippen molar-refractivity contribution in [3.8, 4) is 44.5 Å². The van der Waals surface area contributed by atoms with Crippen LogP contribution in [0, 0.1) is 0 Å². The molecular formula is C58H37NO2. The second kappa shape index (κ2) is 14.3. The van der Waals surface area contributed by atoms with Crippen LogP contribution in [0.5, 0.6) is 0 Å². The first kappa shape index (κ1) is 34.9. The molecule has 0 fully saturated rings. The van der Waals surface area contributed by atoms with Crippen LogP contribution in [0.25, 0.3) is 99.2 Å². The molecule has 0 aliphatic heterocycles. The van der Waals surface area contributed by atoms with E-state index in [9.17, 15) is 0 Å². The van der Waals surface area contributed by atoms with E-state index in [-0.39, 0.29) is 0 Å². The molecule has 0 saturated carbocycles. The van der Waals surface area contributed by atoms with E-state index < -0.39 is 0 Å². The minimum Gasteiger partial charge on any atom is -0.455 e. The van der Waals surface area contributed by atoms with Crippen molar-refractivity contribution in [2.45, 2.75) is 0 Å². The molecule has 0 bridgehead atoms. The zero-order chi connectivity index (χ0) is 40.3. The van der Waals surface area contributed by atoms with E-state index in [0.29, 0.717) is 0 Å². The van der Waals surface area contributed by atoms with Gasteiger partial charge < -0.3 is 13.7 Å². The lowest BCUT2D eigenvalue weighted by Gasteiger charge is -2.27. The highest BCUT2D eigenvalue weighted by Gasteiger charge is 2.21. The van der Waals surface area contributed by atoms with Crippen LogP contribution in [-0.2, 0) is 0 Å². The average Bonchev–Trinajstić information content (AvgIpc) is 3.92. The summed E-state index contributed by atoms with van der Waals surface area (Å²) in [4.78, 5) is 2.36. The van der Waals surface area contributed by atoms with E-state index in [1.54, 1.807) is 0 Å². The molecule has 12 rings (SSSR count). The molecule has 0 amide bonds. The molecule has 0 aliphatic rings. The molecule has 0 N–H and O–H groups in total. The lowest BCUT2D eigenvalue weighted by molar-refractivity contribution is 0.670. The van der Waals surface area contributed by atoms with E-state index in [2.05, 4.69) is 217 Å². The smallest absolute Gasteiger partial charge is 0.143 e. The second-order valence-electron chi connectivity index (χ2n) is 15.6. The average molecular weight is 780 g/mol. The fourth-order valence-electron chi connectivity index (χ4n) is 9.17. The number of rotatable bonds is 7. The highest BCUT2D eigenvalue weighted by Crippen LogP contribution is 2.46. The van der Waals surface area contributed by atoms with Crippen molar-refractivity contribution in [2.75, 3.05) is 4.90 Å². The van der Waals surface area contributed by atoms with Crippen LogP contribution in [0.15, 0.2) is 233 Å². The fraction of sp³-hybridized carbons (Fsp3) is 0. The molecule has 0 unspecified atom stereocenters. The van der Waals surface area contributed by atoms with Crippen molar-refractivity contribution in [1.82, 2.24) is 0 Å². The minimum absolute atomic E-state index is 0.852. The highest BCUT2D eigenvalue weighted by molar-refractivity contribution is 6.19. The number of furan rings is 2. The summed E-state index contributed by atoms with van der Waals surface area (Å²) in [5.41, 5.74) is 15.9. The third-order valence-corrected chi connectivity index (χ3v) is 12.1. The Morgan fingerprint density at radius 3 is 1.64 bits per heavy atom. The van der Waals surface area contributed by atoms with Crippen LogP contribution in [0.4, 0.5) is 17.1 Å². The third-order valence-electron chi connectivity index (χ3n) is 12.1. The van der Waals surface area contributed by atoms with Crippen molar-refractivity contribution in [3.05, 3.63) is 224 Å². The molecule has 0 radical (unpaired) electrons. The maximum absolute atomic E-state index is 6.71. The zero-order valence-corrected chi connectivity index (χ0v) is 33.1. The molecule has 0 aliphatic carbocycles. The van der Waals surface area contributed by atoms with Crippen molar-refractivity contribution in [2.24, 2.45) is 0 Å². The van der Waals surface area contributed by atoms with E-state index in [0.717, 1.165) is 88.4 Å². The molecular weight excluding hydrogens is 743 g/mol. The van der Waals surface area contributed by atoms with Crippen LogP contribution >= 0.6 is 0 Å². The topological polar surface area (TPSA) is 29.5 Å². The van der Waals surface area contributed by atoms with Gasteiger partial charge in [-0.05, 0) is 98.9 Å². The van der Waals surface area contributed by atoms with Gasteiger partial charge in [-0.1, -0.05) is 170 Å². The number of benzene rings is 10. The summed E-state index contributed by atoms with van der Waals surface area (Å²) < 4.78 is 13.2. The van der Waals surface area contributed by atoms with Crippen molar-refractivity contribution >= 4 is 71.7 Å². The minimum atomic E-state index is 0.852. The molecule has 2 heterocycles. The Hall–Kier alpha value is -8.14. The van der Waals surface area contributed by atoms with Gasteiger partial charge in [-0.3, -0.25) is 0 Å². The van der Waals surface area contributed by atoms with Crippen LogP contribution in [0.2, 0.25) is 0 Å². The molecule has 10 aromatic carbocycles. The number of nitrogens with zero attached hydrogens (tertiary/aromatic N) is 1. The maximum Gasteiger partial charge on any atom is 0.143 e. The van der Waals surface area contributed by atoms with Crippen molar-refractivity contribution in [1.29, 1.82) is 0 Å². The predicted molar refractivity (Wildman–Crippen MR) is 255 cm³/mol. The Kier molecular flexibility index (Phi) is 8.17. The molecule has 2 aromatic heterocycles. The molecule has 0 atom stereocenters. The first-order valence-corrected chi connectivity index (χ1v) is 20.7. The van der Waals surface area contributed by atoms with Gasteiger partial charge in [0.05, 0.1) is 11.1 Å². The highest BCUT2D eigenvalue weighted by atomic mass is 16.3. The van der Waals surface area contributed by atoms with Crippen LogP contribution < -0.4 is 4.90 Å². The summed E-state index contributed by atoms with van der Waals surface area (Å²) in [7, 11) is 0. The summed E-state index contributed by atoms with van der Waals surface area (Å²) in [6, 6.07) is 79.9. The van der Waals surface area contributed by atoms with Gasteiger partial charge in [0.1, 0.15) is 22.3 Å². The van der Waals surface area contributed by atoms with Gasteiger partial charge >= 0.3 is 0 Å².